The Kier molecular flexibility index (Phi) is 5.70. The molecule has 8 nitrogen and oxygen atoms in total. The lowest BCUT2D eigenvalue weighted by atomic mass is 10.2. The molecule has 0 aliphatic heterocycles. The van der Waals surface area contributed by atoms with Crippen LogP contribution < -0.4 is 21.3 Å². The highest BCUT2D eigenvalue weighted by Gasteiger charge is 2.22. The highest BCUT2D eigenvalue weighted by Crippen LogP contribution is 2.27. The first-order valence-electron chi connectivity index (χ1n) is 11.2. The summed E-state index contributed by atoms with van der Waals surface area (Å²) in [4.78, 5) is 40.2. The van der Waals surface area contributed by atoms with Gasteiger partial charge in [-0.3, -0.25) is 14.2 Å². The average Bonchev–Trinajstić information content (AvgIpc) is 3.24. The minimum absolute atomic E-state index is 0.00823. The quantitative estimate of drug-likeness (QED) is 0.401. The van der Waals surface area contributed by atoms with E-state index in [0.29, 0.717) is 34.7 Å². The molecule has 35 heavy (non-hydrogen) atoms. The summed E-state index contributed by atoms with van der Waals surface area (Å²) in [6.07, 6.45) is 0. The summed E-state index contributed by atoms with van der Waals surface area (Å²) in [5, 5.41) is 3.39. The molecule has 0 radical (unpaired) electrons. The summed E-state index contributed by atoms with van der Waals surface area (Å²) in [5.41, 5.74) is 1.41. The molecule has 0 bridgehead atoms. The lowest BCUT2D eigenvalue weighted by Gasteiger charge is -2.14. The molecule has 176 valence electrons. The normalized spacial score (nSPS) is 11.1. The summed E-state index contributed by atoms with van der Waals surface area (Å²) in [6.45, 7) is 3.88. The number of furan rings is 1. The Bertz CT molecular complexity index is 1680. The van der Waals surface area contributed by atoms with Gasteiger partial charge < -0.3 is 14.5 Å². The second kappa shape index (κ2) is 8.98. The third-order valence-corrected chi connectivity index (χ3v) is 5.71. The van der Waals surface area contributed by atoms with Crippen molar-refractivity contribution in [3.63, 3.8) is 0 Å². The molecule has 0 spiro atoms. The third kappa shape index (κ3) is 3.99. The number of fused-ring (bicyclic) bond motifs is 3. The van der Waals surface area contributed by atoms with Crippen molar-refractivity contribution in [2.75, 3.05) is 11.9 Å². The largest absolute Gasteiger partial charge is 0.492 e. The van der Waals surface area contributed by atoms with Crippen molar-refractivity contribution in [3.8, 4) is 11.4 Å². The number of aromatic nitrogens is 2. The molecule has 0 unspecified atom stereocenters. The van der Waals surface area contributed by atoms with Crippen molar-refractivity contribution < 1.29 is 13.9 Å². The number of anilines is 1. The van der Waals surface area contributed by atoms with Crippen molar-refractivity contribution in [1.82, 2.24) is 9.13 Å². The smallest absolute Gasteiger partial charge is 0.336 e. The number of hydrogen-bond donors (Lipinski definition) is 1. The van der Waals surface area contributed by atoms with Gasteiger partial charge in [0.05, 0.1) is 18.0 Å². The maximum Gasteiger partial charge on any atom is 0.336 e. The number of nitrogens with zero attached hydrogens (tertiary/aromatic N) is 2. The van der Waals surface area contributed by atoms with Gasteiger partial charge in [0, 0.05) is 5.39 Å². The van der Waals surface area contributed by atoms with Gasteiger partial charge in [-0.25, -0.2) is 9.36 Å². The fourth-order valence-corrected chi connectivity index (χ4v) is 4.10. The molecule has 2 heterocycles. The van der Waals surface area contributed by atoms with E-state index in [9.17, 15) is 14.4 Å². The maximum atomic E-state index is 13.7. The summed E-state index contributed by atoms with van der Waals surface area (Å²) in [6, 6.07) is 21.1. The molecule has 5 aromatic rings. The van der Waals surface area contributed by atoms with Crippen molar-refractivity contribution >= 4 is 33.7 Å². The highest BCUT2D eigenvalue weighted by atomic mass is 16.5. The van der Waals surface area contributed by atoms with Crippen LogP contribution in [0.3, 0.4) is 0 Å². The van der Waals surface area contributed by atoms with Crippen molar-refractivity contribution in [2.24, 2.45) is 0 Å². The van der Waals surface area contributed by atoms with Gasteiger partial charge in [-0.05, 0) is 50.2 Å². The Hall–Kier alpha value is -4.59. The third-order valence-electron chi connectivity index (χ3n) is 5.71. The van der Waals surface area contributed by atoms with E-state index >= 15 is 0 Å². The van der Waals surface area contributed by atoms with E-state index in [1.54, 1.807) is 54.6 Å². The second-order valence-corrected chi connectivity index (χ2v) is 8.10. The predicted molar refractivity (Wildman–Crippen MR) is 135 cm³/mol. The van der Waals surface area contributed by atoms with Crippen LogP contribution in [0.1, 0.15) is 12.5 Å². The summed E-state index contributed by atoms with van der Waals surface area (Å²) in [7, 11) is 0. The van der Waals surface area contributed by atoms with Crippen molar-refractivity contribution in [1.29, 1.82) is 0 Å². The number of ether oxygens (including phenoxy) is 1. The number of aryl methyl sites for hydroxylation is 1. The molecule has 1 N–H and O–H groups in total. The van der Waals surface area contributed by atoms with Gasteiger partial charge >= 0.3 is 11.2 Å². The van der Waals surface area contributed by atoms with Crippen molar-refractivity contribution in [2.45, 2.75) is 20.4 Å². The van der Waals surface area contributed by atoms with Crippen LogP contribution in [0.5, 0.6) is 5.75 Å². The molecule has 1 amide bonds. The summed E-state index contributed by atoms with van der Waals surface area (Å²) < 4.78 is 13.8. The topological polar surface area (TPSA) is 95.5 Å². The molecule has 0 aliphatic carbocycles. The van der Waals surface area contributed by atoms with Gasteiger partial charge in [-0.1, -0.05) is 42.0 Å². The minimum atomic E-state index is -0.633. The first-order valence-corrected chi connectivity index (χ1v) is 11.2. The molecule has 8 heteroatoms. The number of benzene rings is 3. The number of carbonyl (C=O) groups excluding carboxylic acids is 1. The van der Waals surface area contributed by atoms with Crippen LogP contribution in [0, 0.1) is 6.92 Å². The monoisotopic (exact) mass is 469 g/mol. The van der Waals surface area contributed by atoms with Crippen LogP contribution in [0.4, 0.5) is 5.69 Å². The molecule has 0 fully saturated rings. The second-order valence-electron chi connectivity index (χ2n) is 8.10. The summed E-state index contributed by atoms with van der Waals surface area (Å²) in [5.74, 6) is 0.0826. The van der Waals surface area contributed by atoms with E-state index in [1.807, 2.05) is 32.0 Å². The van der Waals surface area contributed by atoms with E-state index in [1.165, 1.54) is 4.57 Å². The van der Waals surface area contributed by atoms with Crippen LogP contribution in [0.2, 0.25) is 0 Å². The van der Waals surface area contributed by atoms with Crippen LogP contribution >= 0.6 is 0 Å². The van der Waals surface area contributed by atoms with Gasteiger partial charge in [-0.2, -0.15) is 0 Å². The molecule has 5 rings (SSSR count). The standard InChI is InChI=1S/C27H23N3O5/c1-3-34-22-11-7-5-9-20(22)28-23(31)16-29-24-19-8-4-6-10-21(19)35-25(24)26(32)30(27(29)33)18-14-12-17(2)13-15-18/h4-15H,3,16H2,1-2H3,(H,28,31). The summed E-state index contributed by atoms with van der Waals surface area (Å²) >= 11 is 0. The van der Waals surface area contributed by atoms with Crippen LogP contribution in [0.15, 0.2) is 86.8 Å². The number of amides is 1. The van der Waals surface area contributed by atoms with Gasteiger partial charge in [0.15, 0.2) is 0 Å². The van der Waals surface area contributed by atoms with Crippen LogP contribution in [-0.4, -0.2) is 21.6 Å². The van der Waals surface area contributed by atoms with E-state index in [-0.39, 0.29) is 17.6 Å². The Labute approximate surface area is 200 Å². The van der Waals surface area contributed by atoms with E-state index in [4.69, 9.17) is 9.15 Å². The molecule has 3 aromatic carbocycles. The van der Waals surface area contributed by atoms with Crippen LogP contribution in [0.25, 0.3) is 27.8 Å². The minimum Gasteiger partial charge on any atom is -0.492 e. The number of rotatable bonds is 6. The number of hydrogen-bond acceptors (Lipinski definition) is 5. The van der Waals surface area contributed by atoms with Gasteiger partial charge in [0.25, 0.3) is 0 Å². The fraction of sp³-hybridized carbons (Fsp3) is 0.148. The zero-order valence-electron chi connectivity index (χ0n) is 19.3. The van der Waals surface area contributed by atoms with Gasteiger partial charge in [0.2, 0.25) is 11.5 Å². The molecule has 0 atom stereocenters. The lowest BCUT2D eigenvalue weighted by Crippen LogP contribution is -2.40. The number of para-hydroxylation sites is 3. The molecular formula is C27H23N3O5. The van der Waals surface area contributed by atoms with Crippen molar-refractivity contribution in [3.05, 3.63) is 99.2 Å². The SMILES string of the molecule is CCOc1ccccc1NC(=O)Cn1c(=O)n(-c2ccc(C)cc2)c(=O)c2oc3ccccc3c21. The van der Waals surface area contributed by atoms with E-state index < -0.39 is 17.2 Å². The molecule has 0 saturated heterocycles. The van der Waals surface area contributed by atoms with E-state index in [0.717, 1.165) is 10.1 Å². The average molecular weight is 469 g/mol. The zero-order chi connectivity index (χ0) is 24.5. The van der Waals surface area contributed by atoms with Crippen LogP contribution in [-0.2, 0) is 11.3 Å². The maximum absolute atomic E-state index is 13.7. The number of nitrogens with one attached hydrogen (secondary N) is 1. The first kappa shape index (κ1) is 22.2. The molecule has 0 saturated carbocycles. The Morgan fingerprint density at radius 1 is 0.971 bits per heavy atom. The molecular weight excluding hydrogens is 446 g/mol. The Balaban J connectivity index is 1.68. The highest BCUT2D eigenvalue weighted by molar-refractivity contribution is 6.03. The molecule has 2 aromatic heterocycles. The zero-order valence-corrected chi connectivity index (χ0v) is 19.3. The van der Waals surface area contributed by atoms with Gasteiger partial charge in [-0.15, -0.1) is 0 Å². The van der Waals surface area contributed by atoms with E-state index in [2.05, 4.69) is 5.32 Å². The molecule has 0 aliphatic rings. The lowest BCUT2D eigenvalue weighted by molar-refractivity contribution is -0.116. The number of carbonyl (C=O) groups is 1. The Morgan fingerprint density at radius 2 is 1.69 bits per heavy atom. The Morgan fingerprint density at radius 3 is 2.46 bits per heavy atom. The first-order chi connectivity index (χ1) is 17.0. The fourth-order valence-electron chi connectivity index (χ4n) is 4.10. The van der Waals surface area contributed by atoms with Gasteiger partial charge in [0.1, 0.15) is 23.4 Å². The predicted octanol–water partition coefficient (Wildman–Crippen LogP) is 4.24.